The smallest absolute Gasteiger partial charge is 0.213 e. The molecule has 3 N–H and O–H groups in total. The molecule has 0 aliphatic carbocycles. The van der Waals surface area contributed by atoms with Crippen molar-refractivity contribution in [3.8, 4) is 5.88 Å². The standard InChI is InChI=1S/C22H28N4O3S/c1-3-23-22(25-14-16-8-9-21(24-13-16)29-11-10-28-2)26-15-18(27)20-12-17-6-4-5-7-19(17)30-20/h4-9,12-13,18,27H,3,10-11,14-15H2,1-2H3,(H2,23,25,26). The van der Waals surface area contributed by atoms with Crippen LogP contribution in [-0.2, 0) is 11.3 Å². The number of aliphatic imine (C=N–C) groups is 1. The second-order valence-electron chi connectivity index (χ2n) is 6.62. The molecular formula is C22H28N4O3S. The summed E-state index contributed by atoms with van der Waals surface area (Å²) < 4.78 is 11.6. The van der Waals surface area contributed by atoms with Crippen LogP contribution in [0.4, 0.5) is 0 Å². The minimum Gasteiger partial charge on any atom is -0.475 e. The summed E-state index contributed by atoms with van der Waals surface area (Å²) in [6, 6.07) is 13.9. The Bertz CT molecular complexity index is 910. The molecule has 3 aromatic rings. The second-order valence-corrected chi connectivity index (χ2v) is 7.74. The summed E-state index contributed by atoms with van der Waals surface area (Å²) in [5.41, 5.74) is 0.969. The van der Waals surface area contributed by atoms with E-state index in [4.69, 9.17) is 9.47 Å². The second kappa shape index (κ2) is 11.5. The highest BCUT2D eigenvalue weighted by Crippen LogP contribution is 2.29. The normalized spacial score (nSPS) is 12.7. The van der Waals surface area contributed by atoms with Gasteiger partial charge in [0, 0.05) is 42.0 Å². The van der Waals surface area contributed by atoms with Crippen LogP contribution in [0.15, 0.2) is 53.7 Å². The van der Waals surface area contributed by atoms with E-state index in [0.29, 0.717) is 38.1 Å². The first-order chi connectivity index (χ1) is 14.7. The highest BCUT2D eigenvalue weighted by molar-refractivity contribution is 7.19. The largest absolute Gasteiger partial charge is 0.475 e. The number of thiophene rings is 1. The minimum atomic E-state index is -0.601. The number of fused-ring (bicyclic) bond motifs is 1. The van der Waals surface area contributed by atoms with Gasteiger partial charge in [0.05, 0.1) is 13.2 Å². The number of aliphatic hydroxyl groups is 1. The molecule has 1 aromatic carbocycles. The molecule has 0 saturated heterocycles. The molecule has 7 nitrogen and oxygen atoms in total. The lowest BCUT2D eigenvalue weighted by Gasteiger charge is -2.14. The van der Waals surface area contributed by atoms with E-state index in [-0.39, 0.29) is 0 Å². The van der Waals surface area contributed by atoms with Crippen molar-refractivity contribution in [2.75, 3.05) is 33.4 Å². The Balaban J connectivity index is 1.54. The molecule has 0 aliphatic rings. The van der Waals surface area contributed by atoms with Crippen LogP contribution in [0.3, 0.4) is 0 Å². The van der Waals surface area contributed by atoms with Crippen LogP contribution in [0.1, 0.15) is 23.5 Å². The fourth-order valence-electron chi connectivity index (χ4n) is 2.79. The van der Waals surface area contributed by atoms with Crippen molar-refractivity contribution in [2.24, 2.45) is 4.99 Å². The maximum atomic E-state index is 10.6. The third-order valence-electron chi connectivity index (χ3n) is 4.33. The van der Waals surface area contributed by atoms with Crippen molar-refractivity contribution in [3.63, 3.8) is 0 Å². The van der Waals surface area contributed by atoms with E-state index in [1.54, 1.807) is 24.6 Å². The first-order valence-electron chi connectivity index (χ1n) is 9.95. The van der Waals surface area contributed by atoms with Gasteiger partial charge in [-0.15, -0.1) is 11.3 Å². The fraction of sp³-hybridized carbons (Fsp3) is 0.364. The van der Waals surface area contributed by atoms with Crippen molar-refractivity contribution in [1.29, 1.82) is 0 Å². The van der Waals surface area contributed by atoms with Crippen LogP contribution in [0.2, 0.25) is 0 Å². The van der Waals surface area contributed by atoms with Gasteiger partial charge in [-0.05, 0) is 30.0 Å². The van der Waals surface area contributed by atoms with Gasteiger partial charge in [-0.1, -0.05) is 24.3 Å². The van der Waals surface area contributed by atoms with Gasteiger partial charge in [0.25, 0.3) is 0 Å². The van der Waals surface area contributed by atoms with Crippen LogP contribution in [0, 0.1) is 0 Å². The van der Waals surface area contributed by atoms with E-state index in [2.05, 4.69) is 32.7 Å². The highest BCUT2D eigenvalue weighted by atomic mass is 32.1. The van der Waals surface area contributed by atoms with Gasteiger partial charge in [0.2, 0.25) is 5.88 Å². The Hall–Kier alpha value is -2.68. The van der Waals surface area contributed by atoms with Gasteiger partial charge in [-0.2, -0.15) is 0 Å². The first kappa shape index (κ1) is 22.0. The zero-order valence-electron chi connectivity index (χ0n) is 17.3. The molecular weight excluding hydrogens is 400 g/mol. The number of aromatic nitrogens is 1. The third-order valence-corrected chi connectivity index (χ3v) is 5.55. The molecule has 160 valence electrons. The molecule has 1 atom stereocenters. The Labute approximate surface area is 180 Å². The summed E-state index contributed by atoms with van der Waals surface area (Å²) in [6.07, 6.45) is 1.15. The summed E-state index contributed by atoms with van der Waals surface area (Å²) in [6.45, 7) is 4.59. The number of aliphatic hydroxyl groups excluding tert-OH is 1. The summed E-state index contributed by atoms with van der Waals surface area (Å²) in [7, 11) is 1.63. The zero-order chi connectivity index (χ0) is 21.2. The average molecular weight is 429 g/mol. The van der Waals surface area contributed by atoms with Crippen LogP contribution >= 0.6 is 11.3 Å². The number of hydrogen-bond acceptors (Lipinski definition) is 6. The van der Waals surface area contributed by atoms with Gasteiger partial charge >= 0.3 is 0 Å². The van der Waals surface area contributed by atoms with Gasteiger partial charge in [-0.25, -0.2) is 9.98 Å². The van der Waals surface area contributed by atoms with Gasteiger partial charge in [-0.3, -0.25) is 0 Å². The monoisotopic (exact) mass is 428 g/mol. The van der Waals surface area contributed by atoms with Gasteiger partial charge in [0.1, 0.15) is 12.7 Å². The van der Waals surface area contributed by atoms with E-state index in [0.717, 1.165) is 22.4 Å². The molecule has 2 aromatic heterocycles. The van der Waals surface area contributed by atoms with E-state index < -0.39 is 6.10 Å². The van der Waals surface area contributed by atoms with Crippen LogP contribution < -0.4 is 15.4 Å². The molecule has 0 amide bonds. The lowest BCUT2D eigenvalue weighted by molar-refractivity contribution is 0.143. The Morgan fingerprint density at radius 1 is 1.20 bits per heavy atom. The predicted molar refractivity (Wildman–Crippen MR) is 121 cm³/mol. The maximum Gasteiger partial charge on any atom is 0.213 e. The topological polar surface area (TPSA) is 88.0 Å². The van der Waals surface area contributed by atoms with Crippen LogP contribution in [-0.4, -0.2) is 49.5 Å². The summed E-state index contributed by atoms with van der Waals surface area (Å²) in [4.78, 5) is 9.80. The number of methoxy groups -OCH3 is 1. The summed E-state index contributed by atoms with van der Waals surface area (Å²) in [5.74, 6) is 1.22. The van der Waals surface area contributed by atoms with Crippen molar-refractivity contribution in [1.82, 2.24) is 15.6 Å². The summed E-state index contributed by atoms with van der Waals surface area (Å²) in [5, 5.41) is 18.1. The number of ether oxygens (including phenoxy) is 2. The number of nitrogens with one attached hydrogen (secondary N) is 2. The molecule has 0 aliphatic heterocycles. The van der Waals surface area contributed by atoms with Crippen molar-refractivity contribution in [2.45, 2.75) is 19.6 Å². The SMILES string of the molecule is CCNC(=NCc1ccc(OCCOC)nc1)NCC(O)c1cc2ccccc2s1. The molecule has 8 heteroatoms. The van der Waals surface area contributed by atoms with Crippen molar-refractivity contribution >= 4 is 27.4 Å². The zero-order valence-corrected chi connectivity index (χ0v) is 18.1. The lowest BCUT2D eigenvalue weighted by atomic mass is 10.2. The fourth-order valence-corrected chi connectivity index (χ4v) is 3.84. The highest BCUT2D eigenvalue weighted by Gasteiger charge is 2.12. The quantitative estimate of drug-likeness (QED) is 0.261. The Morgan fingerprint density at radius 2 is 2.07 bits per heavy atom. The molecule has 0 radical (unpaired) electrons. The van der Waals surface area contributed by atoms with E-state index >= 15 is 0 Å². The molecule has 0 bridgehead atoms. The van der Waals surface area contributed by atoms with Crippen LogP contribution in [0.25, 0.3) is 10.1 Å². The van der Waals surface area contributed by atoms with Gasteiger partial charge in [0.15, 0.2) is 5.96 Å². The number of pyridine rings is 1. The van der Waals surface area contributed by atoms with Crippen molar-refractivity contribution in [3.05, 3.63) is 59.1 Å². The number of guanidine groups is 1. The third kappa shape index (κ3) is 6.41. The summed E-state index contributed by atoms with van der Waals surface area (Å²) >= 11 is 1.61. The molecule has 3 rings (SSSR count). The van der Waals surface area contributed by atoms with E-state index in [1.807, 2.05) is 37.3 Å². The minimum absolute atomic E-state index is 0.378. The molecule has 0 spiro atoms. The first-order valence-corrected chi connectivity index (χ1v) is 10.8. The number of hydrogen-bond donors (Lipinski definition) is 3. The molecule has 0 fully saturated rings. The number of nitrogens with zero attached hydrogens (tertiary/aromatic N) is 2. The number of benzene rings is 1. The van der Waals surface area contributed by atoms with E-state index in [1.165, 1.54) is 4.70 Å². The van der Waals surface area contributed by atoms with Gasteiger partial charge < -0.3 is 25.2 Å². The van der Waals surface area contributed by atoms with E-state index in [9.17, 15) is 5.11 Å². The predicted octanol–water partition coefficient (Wildman–Crippen LogP) is 3.11. The maximum absolute atomic E-state index is 10.6. The van der Waals surface area contributed by atoms with Crippen LogP contribution in [0.5, 0.6) is 5.88 Å². The molecule has 0 saturated carbocycles. The molecule has 1 unspecified atom stereocenters. The van der Waals surface area contributed by atoms with Crippen molar-refractivity contribution < 1.29 is 14.6 Å². The Morgan fingerprint density at radius 3 is 2.80 bits per heavy atom. The average Bonchev–Trinajstić information content (AvgIpc) is 3.21. The number of rotatable bonds is 10. The lowest BCUT2D eigenvalue weighted by Crippen LogP contribution is -2.39. The molecule has 30 heavy (non-hydrogen) atoms. The Kier molecular flexibility index (Phi) is 8.43. The molecule has 2 heterocycles.